The molecule has 7 heteroatoms. The number of rotatable bonds is 2. The van der Waals surface area contributed by atoms with Gasteiger partial charge in [-0.15, -0.1) is 0 Å². The Labute approximate surface area is 111 Å². The predicted octanol–water partition coefficient (Wildman–Crippen LogP) is 1.43. The van der Waals surface area contributed by atoms with E-state index in [9.17, 15) is 22.8 Å². The lowest BCUT2D eigenvalue weighted by Crippen LogP contribution is -2.36. The summed E-state index contributed by atoms with van der Waals surface area (Å²) in [7, 11) is 0. The summed E-state index contributed by atoms with van der Waals surface area (Å²) in [6, 6.07) is 4.49. The lowest BCUT2D eigenvalue weighted by molar-refractivity contribution is -0.137. The molecule has 2 amide bonds. The molecule has 1 aromatic rings. The summed E-state index contributed by atoms with van der Waals surface area (Å²) in [4.78, 5) is 24.7. The molecule has 1 aromatic carbocycles. The van der Waals surface area contributed by atoms with Crippen LogP contribution in [0.1, 0.15) is 5.56 Å². The minimum Gasteiger partial charge on any atom is -0.396 e. The minimum atomic E-state index is -4.64. The molecule has 2 aliphatic rings. The molecule has 1 saturated heterocycles. The minimum absolute atomic E-state index is 0.304. The second-order valence-corrected chi connectivity index (χ2v) is 4.92. The van der Waals surface area contributed by atoms with Gasteiger partial charge in [0, 0.05) is 12.5 Å². The third-order valence-electron chi connectivity index (χ3n) is 3.84. The first-order chi connectivity index (χ1) is 9.38. The average molecular weight is 285 g/mol. The van der Waals surface area contributed by atoms with Crippen LogP contribution < -0.4 is 4.90 Å². The van der Waals surface area contributed by atoms with Crippen LogP contribution in [0.15, 0.2) is 24.3 Å². The molecule has 1 aliphatic carbocycles. The summed E-state index contributed by atoms with van der Waals surface area (Å²) in [5.41, 5.74) is -1.44. The lowest BCUT2D eigenvalue weighted by atomic mass is 10.1. The number of carbonyl (C=O) groups excluding carboxylic acids is 2. The van der Waals surface area contributed by atoms with Crippen LogP contribution in [-0.4, -0.2) is 23.5 Å². The topological polar surface area (TPSA) is 57.6 Å². The van der Waals surface area contributed by atoms with Gasteiger partial charge in [-0.3, -0.25) is 9.59 Å². The number of anilines is 1. The quantitative estimate of drug-likeness (QED) is 0.836. The van der Waals surface area contributed by atoms with Gasteiger partial charge in [0.25, 0.3) is 0 Å². The molecule has 4 nitrogen and oxygen atoms in total. The van der Waals surface area contributed by atoms with Crippen molar-refractivity contribution in [1.82, 2.24) is 0 Å². The number of imide groups is 1. The Morgan fingerprint density at radius 3 is 2.15 bits per heavy atom. The van der Waals surface area contributed by atoms with Crippen LogP contribution >= 0.6 is 0 Å². The van der Waals surface area contributed by atoms with Gasteiger partial charge in [-0.05, 0) is 12.1 Å². The van der Waals surface area contributed by atoms with Crippen LogP contribution in [0.5, 0.6) is 0 Å². The van der Waals surface area contributed by atoms with Crippen LogP contribution in [0.25, 0.3) is 0 Å². The van der Waals surface area contributed by atoms with Gasteiger partial charge in [-0.1, -0.05) is 12.1 Å². The summed E-state index contributed by atoms with van der Waals surface area (Å²) in [6.45, 7) is -0.304. The SMILES string of the molecule is O=C1C2C(CO)C2C(=O)N1c1ccccc1C(F)(F)F. The average Bonchev–Trinajstić information content (AvgIpc) is 3.06. The molecule has 2 atom stereocenters. The smallest absolute Gasteiger partial charge is 0.396 e. The number of alkyl halides is 3. The number of piperidine rings is 1. The number of aliphatic hydroxyl groups excluding tert-OH is 1. The molecule has 1 saturated carbocycles. The van der Waals surface area contributed by atoms with E-state index < -0.39 is 47.0 Å². The van der Waals surface area contributed by atoms with Crippen LogP contribution in [-0.2, 0) is 15.8 Å². The molecule has 106 valence electrons. The van der Waals surface area contributed by atoms with Gasteiger partial charge < -0.3 is 5.11 Å². The maximum atomic E-state index is 12.9. The van der Waals surface area contributed by atoms with Crippen molar-refractivity contribution in [3.05, 3.63) is 29.8 Å². The lowest BCUT2D eigenvalue weighted by Gasteiger charge is -2.22. The molecular weight excluding hydrogens is 275 g/mol. The highest BCUT2D eigenvalue weighted by Gasteiger charge is 2.67. The largest absolute Gasteiger partial charge is 0.418 e. The zero-order valence-corrected chi connectivity index (χ0v) is 10.1. The van der Waals surface area contributed by atoms with E-state index in [1.807, 2.05) is 0 Å². The van der Waals surface area contributed by atoms with Crippen molar-refractivity contribution < 1.29 is 27.9 Å². The van der Waals surface area contributed by atoms with Crippen molar-refractivity contribution in [2.24, 2.45) is 17.8 Å². The number of hydrogen-bond donors (Lipinski definition) is 1. The molecule has 3 rings (SSSR count). The number of carbonyl (C=O) groups is 2. The summed E-state index contributed by atoms with van der Waals surface area (Å²) in [6.07, 6.45) is -4.64. The first-order valence-electron chi connectivity index (χ1n) is 6.03. The van der Waals surface area contributed by atoms with Gasteiger partial charge in [0.1, 0.15) is 0 Å². The molecule has 1 aliphatic heterocycles. The fourth-order valence-electron chi connectivity index (χ4n) is 2.83. The Kier molecular flexibility index (Phi) is 2.66. The van der Waals surface area contributed by atoms with E-state index in [0.717, 1.165) is 12.1 Å². The van der Waals surface area contributed by atoms with E-state index in [1.54, 1.807) is 0 Å². The normalized spacial score (nSPS) is 28.8. The van der Waals surface area contributed by atoms with Gasteiger partial charge in [0.05, 0.1) is 23.1 Å². The van der Waals surface area contributed by atoms with Crippen LogP contribution in [0, 0.1) is 17.8 Å². The van der Waals surface area contributed by atoms with Crippen molar-refractivity contribution in [2.45, 2.75) is 6.18 Å². The fraction of sp³-hybridized carbons (Fsp3) is 0.385. The maximum Gasteiger partial charge on any atom is 0.418 e. The number of aliphatic hydroxyl groups is 1. The van der Waals surface area contributed by atoms with E-state index in [2.05, 4.69) is 0 Å². The van der Waals surface area contributed by atoms with E-state index >= 15 is 0 Å². The summed E-state index contributed by atoms with van der Waals surface area (Å²) in [5.74, 6) is -3.10. The van der Waals surface area contributed by atoms with Gasteiger partial charge in [0.2, 0.25) is 11.8 Å². The first-order valence-corrected chi connectivity index (χ1v) is 6.03. The number of nitrogens with zero attached hydrogens (tertiary/aromatic N) is 1. The van der Waals surface area contributed by atoms with E-state index in [-0.39, 0.29) is 6.61 Å². The molecule has 0 radical (unpaired) electrons. The molecular formula is C13H10F3NO3. The molecule has 20 heavy (non-hydrogen) atoms. The fourth-order valence-corrected chi connectivity index (χ4v) is 2.83. The first kappa shape index (κ1) is 13.1. The zero-order valence-electron chi connectivity index (χ0n) is 10.1. The van der Waals surface area contributed by atoms with Gasteiger partial charge >= 0.3 is 6.18 Å². The zero-order chi connectivity index (χ0) is 14.7. The third kappa shape index (κ3) is 1.66. The molecule has 1 heterocycles. The van der Waals surface area contributed by atoms with Crippen molar-refractivity contribution in [2.75, 3.05) is 11.5 Å². The van der Waals surface area contributed by atoms with Crippen LogP contribution in [0.4, 0.5) is 18.9 Å². The maximum absolute atomic E-state index is 12.9. The van der Waals surface area contributed by atoms with Crippen molar-refractivity contribution in [3.63, 3.8) is 0 Å². The highest BCUT2D eigenvalue weighted by molar-refractivity contribution is 6.25. The number of fused-ring (bicyclic) bond motifs is 1. The van der Waals surface area contributed by atoms with E-state index in [4.69, 9.17) is 5.11 Å². The Balaban J connectivity index is 2.01. The third-order valence-corrected chi connectivity index (χ3v) is 3.84. The second-order valence-electron chi connectivity index (χ2n) is 4.92. The van der Waals surface area contributed by atoms with E-state index in [0.29, 0.717) is 4.90 Å². The standard InChI is InChI=1S/C13H10F3NO3/c14-13(15,16)7-3-1-2-4-8(7)17-11(19)9-6(5-18)10(9)12(17)20/h1-4,6,9-10,18H,5H2. The summed E-state index contributed by atoms with van der Waals surface area (Å²) < 4.78 is 38.8. The van der Waals surface area contributed by atoms with Crippen LogP contribution in [0.3, 0.4) is 0 Å². The Hall–Kier alpha value is -1.89. The summed E-state index contributed by atoms with van der Waals surface area (Å²) in [5, 5.41) is 8.99. The van der Waals surface area contributed by atoms with Gasteiger partial charge in [-0.25, -0.2) is 4.90 Å². The molecule has 0 aromatic heterocycles. The number of hydrogen-bond acceptors (Lipinski definition) is 3. The molecule has 2 unspecified atom stereocenters. The Bertz CT molecular complexity index is 577. The van der Waals surface area contributed by atoms with Crippen molar-refractivity contribution in [3.8, 4) is 0 Å². The Morgan fingerprint density at radius 2 is 1.65 bits per heavy atom. The highest BCUT2D eigenvalue weighted by Crippen LogP contribution is 2.54. The Morgan fingerprint density at radius 1 is 1.10 bits per heavy atom. The monoisotopic (exact) mass is 285 g/mol. The highest BCUT2D eigenvalue weighted by atomic mass is 19.4. The van der Waals surface area contributed by atoms with E-state index in [1.165, 1.54) is 12.1 Å². The molecule has 2 fully saturated rings. The van der Waals surface area contributed by atoms with Crippen molar-refractivity contribution in [1.29, 1.82) is 0 Å². The molecule has 0 spiro atoms. The van der Waals surface area contributed by atoms with Crippen LogP contribution in [0.2, 0.25) is 0 Å². The van der Waals surface area contributed by atoms with Gasteiger partial charge in [0.15, 0.2) is 0 Å². The van der Waals surface area contributed by atoms with Gasteiger partial charge in [-0.2, -0.15) is 13.2 Å². The van der Waals surface area contributed by atoms with Crippen molar-refractivity contribution >= 4 is 17.5 Å². The molecule has 0 bridgehead atoms. The number of amides is 2. The number of para-hydroxylation sites is 1. The molecule has 1 N–H and O–H groups in total. The predicted molar refractivity (Wildman–Crippen MR) is 61.5 cm³/mol. The summed E-state index contributed by atoms with van der Waals surface area (Å²) >= 11 is 0. The number of benzene rings is 1. The second kappa shape index (κ2) is 4.05. The number of halogens is 3.